The van der Waals surface area contributed by atoms with E-state index in [1.807, 2.05) is 39.0 Å². The Hall–Kier alpha value is -3.32. The standard InChI is InChI=1S/C24H26N2O4S/c1-17-9-14-22(15-18(17)2)30-16-19(3)25-24(27)20-10-12-21(13-11-20)26-31(28,29)23-7-5-4-6-8-23/h4-15,19,26H,16H2,1-3H3,(H,25,27)/t19-/m0/s1. The highest BCUT2D eigenvalue weighted by atomic mass is 32.2. The second-order valence-corrected chi connectivity index (χ2v) is 9.11. The van der Waals surface area contributed by atoms with Crippen LogP contribution >= 0.6 is 0 Å². The molecule has 0 saturated heterocycles. The van der Waals surface area contributed by atoms with Crippen molar-refractivity contribution in [3.05, 3.63) is 89.5 Å². The quantitative estimate of drug-likeness (QED) is 0.549. The Morgan fingerprint density at radius 3 is 2.26 bits per heavy atom. The van der Waals surface area contributed by atoms with Gasteiger partial charge in [-0.25, -0.2) is 8.42 Å². The van der Waals surface area contributed by atoms with E-state index in [0.29, 0.717) is 17.9 Å². The molecule has 0 aromatic heterocycles. The molecule has 0 aliphatic rings. The number of nitrogens with one attached hydrogen (secondary N) is 2. The Labute approximate surface area is 183 Å². The minimum Gasteiger partial charge on any atom is -0.491 e. The fraction of sp³-hybridized carbons (Fsp3) is 0.208. The molecular weight excluding hydrogens is 412 g/mol. The molecule has 0 fully saturated rings. The first kappa shape index (κ1) is 22.4. The number of anilines is 1. The van der Waals surface area contributed by atoms with Gasteiger partial charge in [-0.3, -0.25) is 9.52 Å². The summed E-state index contributed by atoms with van der Waals surface area (Å²) in [6.45, 7) is 6.27. The number of carbonyl (C=O) groups excluding carboxylic acids is 1. The van der Waals surface area contributed by atoms with Gasteiger partial charge in [-0.05, 0) is 80.4 Å². The van der Waals surface area contributed by atoms with E-state index < -0.39 is 10.0 Å². The normalized spacial score (nSPS) is 12.1. The predicted octanol–water partition coefficient (Wildman–Crippen LogP) is 4.30. The third-order valence-electron chi connectivity index (χ3n) is 4.81. The van der Waals surface area contributed by atoms with E-state index in [2.05, 4.69) is 10.0 Å². The summed E-state index contributed by atoms with van der Waals surface area (Å²) in [5.41, 5.74) is 3.16. The van der Waals surface area contributed by atoms with Crippen molar-refractivity contribution in [2.24, 2.45) is 0 Å². The Balaban J connectivity index is 1.55. The molecular formula is C24H26N2O4S. The van der Waals surface area contributed by atoms with Crippen molar-refractivity contribution >= 4 is 21.6 Å². The lowest BCUT2D eigenvalue weighted by Crippen LogP contribution is -2.36. The molecule has 0 unspecified atom stereocenters. The van der Waals surface area contributed by atoms with Crippen molar-refractivity contribution in [3.8, 4) is 5.75 Å². The first-order chi connectivity index (χ1) is 14.7. The minimum atomic E-state index is -3.67. The Morgan fingerprint density at radius 1 is 0.935 bits per heavy atom. The molecule has 7 heteroatoms. The van der Waals surface area contributed by atoms with Crippen LogP contribution in [0.1, 0.15) is 28.4 Å². The number of carbonyl (C=O) groups is 1. The summed E-state index contributed by atoms with van der Waals surface area (Å²) in [5.74, 6) is 0.507. The molecule has 0 aliphatic carbocycles. The van der Waals surface area contributed by atoms with Gasteiger partial charge in [0.2, 0.25) is 0 Å². The predicted molar refractivity (Wildman–Crippen MR) is 122 cm³/mol. The van der Waals surface area contributed by atoms with Crippen molar-refractivity contribution in [2.75, 3.05) is 11.3 Å². The zero-order valence-corrected chi connectivity index (χ0v) is 18.6. The maximum Gasteiger partial charge on any atom is 0.261 e. The van der Waals surface area contributed by atoms with Crippen LogP contribution in [0.5, 0.6) is 5.75 Å². The Morgan fingerprint density at radius 2 is 1.61 bits per heavy atom. The van der Waals surface area contributed by atoms with Gasteiger partial charge in [0.05, 0.1) is 10.9 Å². The van der Waals surface area contributed by atoms with Crippen LogP contribution in [0, 0.1) is 13.8 Å². The van der Waals surface area contributed by atoms with E-state index in [-0.39, 0.29) is 16.8 Å². The summed E-state index contributed by atoms with van der Waals surface area (Å²) in [4.78, 5) is 12.7. The van der Waals surface area contributed by atoms with E-state index in [4.69, 9.17) is 4.74 Å². The van der Waals surface area contributed by atoms with Crippen molar-refractivity contribution in [3.63, 3.8) is 0 Å². The highest BCUT2D eigenvalue weighted by Gasteiger charge is 2.15. The number of sulfonamides is 1. The molecule has 0 aliphatic heterocycles. The molecule has 1 amide bonds. The van der Waals surface area contributed by atoms with Gasteiger partial charge in [0.25, 0.3) is 15.9 Å². The smallest absolute Gasteiger partial charge is 0.261 e. The van der Waals surface area contributed by atoms with Crippen molar-refractivity contribution in [2.45, 2.75) is 31.7 Å². The Bertz CT molecular complexity index is 1140. The first-order valence-corrected chi connectivity index (χ1v) is 11.4. The minimum absolute atomic E-state index is 0.175. The topological polar surface area (TPSA) is 84.5 Å². The molecule has 2 N–H and O–H groups in total. The molecule has 31 heavy (non-hydrogen) atoms. The van der Waals surface area contributed by atoms with Crippen LogP contribution < -0.4 is 14.8 Å². The van der Waals surface area contributed by atoms with Gasteiger partial charge >= 0.3 is 0 Å². The van der Waals surface area contributed by atoms with Gasteiger partial charge < -0.3 is 10.1 Å². The third kappa shape index (κ3) is 6.08. The lowest BCUT2D eigenvalue weighted by atomic mass is 10.1. The molecule has 0 heterocycles. The zero-order valence-electron chi connectivity index (χ0n) is 17.8. The van der Waals surface area contributed by atoms with Crippen LogP contribution in [0.25, 0.3) is 0 Å². The molecule has 0 spiro atoms. The summed E-state index contributed by atoms with van der Waals surface area (Å²) in [6, 6.07) is 20.1. The van der Waals surface area contributed by atoms with Gasteiger partial charge in [-0.2, -0.15) is 0 Å². The van der Waals surface area contributed by atoms with E-state index in [1.165, 1.54) is 17.7 Å². The van der Waals surface area contributed by atoms with E-state index in [9.17, 15) is 13.2 Å². The second kappa shape index (κ2) is 9.66. The molecule has 3 aromatic carbocycles. The molecule has 3 aromatic rings. The van der Waals surface area contributed by atoms with Crippen LogP contribution in [-0.4, -0.2) is 27.0 Å². The fourth-order valence-corrected chi connectivity index (χ4v) is 3.96. The van der Waals surface area contributed by atoms with Crippen LogP contribution in [0.2, 0.25) is 0 Å². The Kier molecular flexibility index (Phi) is 6.97. The highest BCUT2D eigenvalue weighted by molar-refractivity contribution is 7.92. The summed E-state index contributed by atoms with van der Waals surface area (Å²) in [6.07, 6.45) is 0. The van der Waals surface area contributed by atoms with Crippen LogP contribution in [-0.2, 0) is 10.0 Å². The molecule has 6 nitrogen and oxygen atoms in total. The maximum absolute atomic E-state index is 12.5. The summed E-state index contributed by atoms with van der Waals surface area (Å²) < 4.78 is 33.1. The SMILES string of the molecule is Cc1ccc(OC[C@H](C)NC(=O)c2ccc(NS(=O)(=O)c3ccccc3)cc2)cc1C. The van der Waals surface area contributed by atoms with Crippen molar-refractivity contribution in [1.82, 2.24) is 5.32 Å². The largest absolute Gasteiger partial charge is 0.491 e. The summed E-state index contributed by atoms with van der Waals surface area (Å²) in [5, 5.41) is 2.88. The highest BCUT2D eigenvalue weighted by Crippen LogP contribution is 2.18. The third-order valence-corrected chi connectivity index (χ3v) is 6.21. The average molecular weight is 439 g/mol. The van der Waals surface area contributed by atoms with Crippen molar-refractivity contribution < 1.29 is 17.9 Å². The molecule has 0 radical (unpaired) electrons. The molecule has 0 saturated carbocycles. The first-order valence-electron chi connectivity index (χ1n) is 9.93. The monoisotopic (exact) mass is 438 g/mol. The number of hydrogen-bond donors (Lipinski definition) is 2. The van der Waals surface area contributed by atoms with Crippen LogP contribution in [0.4, 0.5) is 5.69 Å². The van der Waals surface area contributed by atoms with Crippen LogP contribution in [0.3, 0.4) is 0 Å². The summed E-state index contributed by atoms with van der Waals surface area (Å²) >= 11 is 0. The number of hydrogen-bond acceptors (Lipinski definition) is 4. The lowest BCUT2D eigenvalue weighted by molar-refractivity contribution is 0.0926. The van der Waals surface area contributed by atoms with Gasteiger partial charge in [-0.15, -0.1) is 0 Å². The van der Waals surface area contributed by atoms with E-state index in [1.54, 1.807) is 42.5 Å². The fourth-order valence-electron chi connectivity index (χ4n) is 2.88. The molecule has 1 atom stereocenters. The molecule has 3 rings (SSSR count). The lowest BCUT2D eigenvalue weighted by Gasteiger charge is -2.16. The van der Waals surface area contributed by atoms with Gasteiger partial charge in [0.1, 0.15) is 12.4 Å². The maximum atomic E-state index is 12.5. The zero-order chi connectivity index (χ0) is 22.4. The molecule has 162 valence electrons. The van der Waals surface area contributed by atoms with Crippen LogP contribution in [0.15, 0.2) is 77.7 Å². The van der Waals surface area contributed by atoms with Crippen molar-refractivity contribution in [1.29, 1.82) is 0 Å². The number of aryl methyl sites for hydroxylation is 2. The number of benzene rings is 3. The number of ether oxygens (including phenoxy) is 1. The number of rotatable bonds is 8. The van der Waals surface area contributed by atoms with Gasteiger partial charge in [0.15, 0.2) is 0 Å². The van der Waals surface area contributed by atoms with E-state index in [0.717, 1.165) is 11.3 Å². The number of amides is 1. The van der Waals surface area contributed by atoms with Gasteiger partial charge in [-0.1, -0.05) is 24.3 Å². The van der Waals surface area contributed by atoms with Gasteiger partial charge in [0, 0.05) is 11.3 Å². The van der Waals surface area contributed by atoms with E-state index >= 15 is 0 Å². The second-order valence-electron chi connectivity index (χ2n) is 7.43. The average Bonchev–Trinajstić information content (AvgIpc) is 2.75. The summed E-state index contributed by atoms with van der Waals surface area (Å²) in [7, 11) is -3.67. The molecule has 0 bridgehead atoms.